The van der Waals surface area contributed by atoms with Crippen molar-refractivity contribution in [2.45, 2.75) is 38.1 Å². The molecule has 1 atom stereocenters. The molecule has 8 heteroatoms. The Labute approximate surface area is 140 Å². The first kappa shape index (κ1) is 14.0. The number of aromatic nitrogens is 5. The molecule has 2 aromatic heterocycles. The quantitative estimate of drug-likeness (QED) is 0.887. The van der Waals surface area contributed by atoms with E-state index in [0.29, 0.717) is 12.5 Å². The van der Waals surface area contributed by atoms with Gasteiger partial charge in [0, 0.05) is 32.0 Å². The van der Waals surface area contributed by atoms with E-state index >= 15 is 0 Å². The summed E-state index contributed by atoms with van der Waals surface area (Å²) in [5.74, 6) is 5.19. The van der Waals surface area contributed by atoms with Crippen LogP contribution in [0.15, 0.2) is 6.33 Å². The molecular weight excluding hydrogens is 306 g/mol. The van der Waals surface area contributed by atoms with E-state index < -0.39 is 0 Å². The number of ether oxygens (including phenoxy) is 1. The van der Waals surface area contributed by atoms with Gasteiger partial charge >= 0.3 is 0 Å². The summed E-state index contributed by atoms with van der Waals surface area (Å²) in [6, 6.07) is 0. The van der Waals surface area contributed by atoms with Gasteiger partial charge in [-0.05, 0) is 19.3 Å². The Balaban J connectivity index is 1.44. The summed E-state index contributed by atoms with van der Waals surface area (Å²) < 4.78 is 8.17. The fraction of sp³-hybridized carbons (Fsp3) is 0.625. The maximum atomic E-state index is 5.85. The lowest BCUT2D eigenvalue weighted by Gasteiger charge is -2.34. The van der Waals surface area contributed by atoms with E-state index in [0.717, 1.165) is 74.5 Å². The summed E-state index contributed by atoms with van der Waals surface area (Å²) in [7, 11) is 0. The molecule has 5 rings (SSSR count). The molecule has 0 spiro atoms. The summed E-state index contributed by atoms with van der Waals surface area (Å²) in [4.78, 5) is 11.1. The first-order valence-corrected chi connectivity index (χ1v) is 8.79. The molecule has 24 heavy (non-hydrogen) atoms. The van der Waals surface area contributed by atoms with Crippen molar-refractivity contribution in [1.82, 2.24) is 24.7 Å². The van der Waals surface area contributed by atoms with Crippen LogP contribution in [0.25, 0.3) is 0 Å². The molecule has 126 valence electrons. The van der Waals surface area contributed by atoms with Gasteiger partial charge in [-0.15, -0.1) is 10.2 Å². The Bertz CT molecular complexity index is 759. The van der Waals surface area contributed by atoms with Crippen LogP contribution in [0.3, 0.4) is 0 Å². The van der Waals surface area contributed by atoms with Crippen molar-refractivity contribution < 1.29 is 4.74 Å². The van der Waals surface area contributed by atoms with Gasteiger partial charge < -0.3 is 19.5 Å². The third kappa shape index (κ3) is 2.20. The van der Waals surface area contributed by atoms with Gasteiger partial charge in [-0.2, -0.15) is 0 Å². The highest BCUT2D eigenvalue weighted by Gasteiger charge is 2.31. The second-order valence-corrected chi connectivity index (χ2v) is 6.67. The molecule has 2 aromatic rings. The molecule has 0 amide bonds. The Morgan fingerprint density at radius 3 is 3.17 bits per heavy atom. The van der Waals surface area contributed by atoms with Gasteiger partial charge in [0.15, 0.2) is 11.6 Å². The maximum absolute atomic E-state index is 5.85. The number of anilines is 2. The van der Waals surface area contributed by atoms with Crippen molar-refractivity contribution >= 4 is 11.6 Å². The van der Waals surface area contributed by atoms with E-state index in [4.69, 9.17) is 4.74 Å². The van der Waals surface area contributed by atoms with Crippen LogP contribution >= 0.6 is 0 Å². The molecule has 1 unspecified atom stereocenters. The SMILES string of the molecule is c1nc2c(c(N3CCCC(c4nnc5n4CCC5)C3)n1)OCCN2. The Morgan fingerprint density at radius 1 is 1.17 bits per heavy atom. The fourth-order valence-electron chi connectivity index (χ4n) is 4.03. The summed E-state index contributed by atoms with van der Waals surface area (Å²) >= 11 is 0. The van der Waals surface area contributed by atoms with Gasteiger partial charge in [-0.25, -0.2) is 9.97 Å². The highest BCUT2D eigenvalue weighted by atomic mass is 16.5. The van der Waals surface area contributed by atoms with Crippen molar-refractivity contribution in [3.8, 4) is 5.75 Å². The average Bonchev–Trinajstić information content (AvgIpc) is 3.25. The van der Waals surface area contributed by atoms with Crippen LogP contribution in [0.5, 0.6) is 5.75 Å². The minimum Gasteiger partial charge on any atom is -0.485 e. The van der Waals surface area contributed by atoms with E-state index in [1.165, 1.54) is 6.42 Å². The zero-order chi connectivity index (χ0) is 15.9. The Hall–Kier alpha value is -2.38. The smallest absolute Gasteiger partial charge is 0.204 e. The van der Waals surface area contributed by atoms with Crippen LogP contribution in [-0.4, -0.2) is 51.0 Å². The molecule has 3 aliphatic heterocycles. The third-order valence-electron chi connectivity index (χ3n) is 5.15. The lowest BCUT2D eigenvalue weighted by atomic mass is 9.97. The second-order valence-electron chi connectivity index (χ2n) is 6.67. The fourth-order valence-corrected chi connectivity index (χ4v) is 4.03. The van der Waals surface area contributed by atoms with Crippen molar-refractivity contribution in [3.63, 3.8) is 0 Å². The van der Waals surface area contributed by atoms with Crippen molar-refractivity contribution in [2.24, 2.45) is 0 Å². The summed E-state index contributed by atoms with van der Waals surface area (Å²) in [6.45, 7) is 4.40. The average molecular weight is 327 g/mol. The number of fused-ring (bicyclic) bond motifs is 2. The van der Waals surface area contributed by atoms with E-state index in [2.05, 4.69) is 34.9 Å². The van der Waals surface area contributed by atoms with Gasteiger partial charge in [-0.1, -0.05) is 0 Å². The molecule has 5 heterocycles. The molecule has 0 bridgehead atoms. The van der Waals surface area contributed by atoms with Crippen molar-refractivity contribution in [3.05, 3.63) is 18.0 Å². The Morgan fingerprint density at radius 2 is 2.17 bits per heavy atom. The highest BCUT2D eigenvalue weighted by Crippen LogP contribution is 2.37. The molecule has 0 saturated carbocycles. The molecule has 0 aromatic carbocycles. The molecular formula is C16H21N7O. The Kier molecular flexibility index (Phi) is 3.27. The zero-order valence-electron chi connectivity index (χ0n) is 13.6. The zero-order valence-corrected chi connectivity index (χ0v) is 13.6. The van der Waals surface area contributed by atoms with Crippen molar-refractivity contribution in [1.29, 1.82) is 0 Å². The van der Waals surface area contributed by atoms with Gasteiger partial charge in [-0.3, -0.25) is 0 Å². The van der Waals surface area contributed by atoms with Crippen LogP contribution in [0.2, 0.25) is 0 Å². The lowest BCUT2D eigenvalue weighted by Crippen LogP contribution is -2.37. The number of piperidine rings is 1. The number of hydrogen-bond acceptors (Lipinski definition) is 7. The topological polar surface area (TPSA) is 81.0 Å². The predicted octanol–water partition coefficient (Wildman–Crippen LogP) is 1.20. The van der Waals surface area contributed by atoms with Gasteiger partial charge in [0.2, 0.25) is 5.75 Å². The molecule has 1 fully saturated rings. The van der Waals surface area contributed by atoms with E-state index in [-0.39, 0.29) is 0 Å². The van der Waals surface area contributed by atoms with Gasteiger partial charge in [0.05, 0.1) is 6.54 Å². The summed E-state index contributed by atoms with van der Waals surface area (Å²) in [5, 5.41) is 12.1. The predicted molar refractivity (Wildman–Crippen MR) is 88.5 cm³/mol. The van der Waals surface area contributed by atoms with Crippen molar-refractivity contribution in [2.75, 3.05) is 36.5 Å². The van der Waals surface area contributed by atoms with Crippen LogP contribution in [0.4, 0.5) is 11.6 Å². The van der Waals surface area contributed by atoms with E-state index in [1.807, 2.05) is 0 Å². The molecule has 0 aliphatic carbocycles. The van der Waals surface area contributed by atoms with E-state index in [9.17, 15) is 0 Å². The second kappa shape index (κ2) is 5.61. The van der Waals surface area contributed by atoms with Crippen LogP contribution in [0, 0.1) is 0 Å². The van der Waals surface area contributed by atoms with Crippen LogP contribution in [0.1, 0.15) is 36.8 Å². The minimum atomic E-state index is 0.403. The largest absolute Gasteiger partial charge is 0.485 e. The number of nitrogens with zero attached hydrogens (tertiary/aromatic N) is 6. The molecule has 1 saturated heterocycles. The minimum absolute atomic E-state index is 0.403. The van der Waals surface area contributed by atoms with Gasteiger partial charge in [0.1, 0.15) is 24.6 Å². The first-order valence-electron chi connectivity index (χ1n) is 8.79. The number of hydrogen-bond donors (Lipinski definition) is 1. The maximum Gasteiger partial charge on any atom is 0.204 e. The first-order chi connectivity index (χ1) is 11.9. The van der Waals surface area contributed by atoms with Crippen LogP contribution < -0.4 is 15.0 Å². The van der Waals surface area contributed by atoms with E-state index in [1.54, 1.807) is 6.33 Å². The number of rotatable bonds is 2. The normalized spacial score (nSPS) is 22.5. The standard InChI is InChI=1S/C16H21N7O/c1-3-11(15-21-20-12-4-2-7-23(12)15)9-22(6-1)16-13-14(18-10-19-16)17-5-8-24-13/h10-11H,1-9H2,(H,17,18,19). The highest BCUT2D eigenvalue weighted by molar-refractivity contribution is 5.65. The van der Waals surface area contributed by atoms with Crippen LogP contribution in [-0.2, 0) is 13.0 Å². The molecule has 8 nitrogen and oxygen atoms in total. The number of nitrogens with one attached hydrogen (secondary N) is 1. The third-order valence-corrected chi connectivity index (χ3v) is 5.15. The molecule has 0 radical (unpaired) electrons. The number of aryl methyl sites for hydroxylation is 1. The monoisotopic (exact) mass is 327 g/mol. The molecule has 3 aliphatic rings. The van der Waals surface area contributed by atoms with Gasteiger partial charge in [0.25, 0.3) is 0 Å². The lowest BCUT2D eigenvalue weighted by molar-refractivity contribution is 0.318. The molecule has 1 N–H and O–H groups in total. The summed E-state index contributed by atoms with van der Waals surface area (Å²) in [6.07, 6.45) is 6.14. The summed E-state index contributed by atoms with van der Waals surface area (Å²) in [5.41, 5.74) is 0.